The van der Waals surface area contributed by atoms with Crippen LogP contribution in [0.25, 0.3) is 10.8 Å². The molecule has 0 aliphatic rings. The molecule has 0 atom stereocenters. The van der Waals surface area contributed by atoms with Gasteiger partial charge in [0.15, 0.2) is 6.61 Å². The summed E-state index contributed by atoms with van der Waals surface area (Å²) in [4.78, 5) is 12.4. The molecule has 29 heavy (non-hydrogen) atoms. The third-order valence-corrected chi connectivity index (χ3v) is 5.87. The number of unbranched alkanes of at least 4 members (excludes halogenated alkanes) is 1. The zero-order valence-electron chi connectivity index (χ0n) is 16.2. The lowest BCUT2D eigenvalue weighted by atomic mass is 10.1. The molecule has 3 aromatic carbocycles. The first kappa shape index (κ1) is 20.8. The summed E-state index contributed by atoms with van der Waals surface area (Å²) in [5.41, 5.74) is 0.719. The van der Waals surface area contributed by atoms with Gasteiger partial charge in [-0.25, -0.2) is 13.1 Å². The van der Waals surface area contributed by atoms with E-state index in [0.29, 0.717) is 12.3 Å². The lowest BCUT2D eigenvalue weighted by molar-refractivity contribution is -0.118. The maximum absolute atomic E-state index is 12.3. The number of rotatable bonds is 9. The quantitative estimate of drug-likeness (QED) is 0.522. The minimum atomic E-state index is -3.53. The lowest BCUT2D eigenvalue weighted by Crippen LogP contribution is -2.24. The van der Waals surface area contributed by atoms with Crippen LogP contribution in [-0.4, -0.2) is 27.5 Å². The number of hydrogen-bond donors (Lipinski definition) is 2. The van der Waals surface area contributed by atoms with Gasteiger partial charge in [0.25, 0.3) is 5.91 Å². The fourth-order valence-electron chi connectivity index (χ4n) is 2.85. The molecule has 0 aliphatic carbocycles. The van der Waals surface area contributed by atoms with Crippen molar-refractivity contribution in [3.05, 3.63) is 66.7 Å². The minimum Gasteiger partial charge on any atom is -0.484 e. The van der Waals surface area contributed by atoms with Crippen LogP contribution in [0.3, 0.4) is 0 Å². The van der Waals surface area contributed by atoms with Crippen LogP contribution in [-0.2, 0) is 14.8 Å². The SMILES string of the molecule is CCCCNS(=O)(=O)c1ccc(OCC(=O)Nc2cccc3ccccc23)cc1. The first-order chi connectivity index (χ1) is 14.0. The zero-order valence-corrected chi connectivity index (χ0v) is 17.0. The number of anilines is 1. The predicted octanol–water partition coefficient (Wildman–Crippen LogP) is 3.94. The highest BCUT2D eigenvalue weighted by atomic mass is 32.2. The maximum atomic E-state index is 12.3. The van der Waals surface area contributed by atoms with Gasteiger partial charge in [0.2, 0.25) is 10.0 Å². The monoisotopic (exact) mass is 412 g/mol. The van der Waals surface area contributed by atoms with E-state index >= 15 is 0 Å². The number of amides is 1. The van der Waals surface area contributed by atoms with E-state index in [0.717, 1.165) is 29.3 Å². The van der Waals surface area contributed by atoms with Gasteiger partial charge in [-0.3, -0.25) is 4.79 Å². The van der Waals surface area contributed by atoms with Gasteiger partial charge >= 0.3 is 0 Å². The molecule has 7 heteroatoms. The Labute approximate surface area is 170 Å². The third-order valence-electron chi connectivity index (χ3n) is 4.39. The van der Waals surface area contributed by atoms with Crippen LogP contribution in [0, 0.1) is 0 Å². The Bertz CT molecular complexity index is 1070. The van der Waals surface area contributed by atoms with Gasteiger partial charge in [-0.05, 0) is 42.1 Å². The molecule has 0 aliphatic heterocycles. The fraction of sp³-hybridized carbons (Fsp3) is 0.227. The van der Waals surface area contributed by atoms with Gasteiger partial charge in [-0.15, -0.1) is 0 Å². The number of hydrogen-bond acceptors (Lipinski definition) is 4. The molecule has 152 valence electrons. The fourth-order valence-corrected chi connectivity index (χ4v) is 3.93. The van der Waals surface area contributed by atoms with Gasteiger partial charge in [-0.2, -0.15) is 0 Å². The Hall–Kier alpha value is -2.90. The second-order valence-electron chi connectivity index (χ2n) is 6.59. The van der Waals surface area contributed by atoms with Crippen molar-refractivity contribution < 1.29 is 17.9 Å². The molecule has 3 rings (SSSR count). The van der Waals surface area contributed by atoms with Gasteiger partial charge < -0.3 is 10.1 Å². The van der Waals surface area contributed by atoms with Crippen molar-refractivity contribution in [3.8, 4) is 5.75 Å². The van der Waals surface area contributed by atoms with Gasteiger partial charge in [0.05, 0.1) is 4.90 Å². The number of benzene rings is 3. The summed E-state index contributed by atoms with van der Waals surface area (Å²) in [6.45, 7) is 2.23. The topological polar surface area (TPSA) is 84.5 Å². The van der Waals surface area contributed by atoms with Crippen LogP contribution < -0.4 is 14.8 Å². The molecule has 0 saturated carbocycles. The van der Waals surface area contributed by atoms with E-state index in [1.54, 1.807) is 12.1 Å². The van der Waals surface area contributed by atoms with Crippen molar-refractivity contribution in [2.24, 2.45) is 0 Å². The summed E-state index contributed by atoms with van der Waals surface area (Å²) in [5.74, 6) is 0.130. The number of sulfonamides is 1. The molecule has 0 aromatic heterocycles. The Morgan fingerprint density at radius 3 is 2.45 bits per heavy atom. The zero-order chi connectivity index (χ0) is 20.7. The van der Waals surface area contributed by atoms with E-state index in [1.807, 2.05) is 49.4 Å². The molecule has 2 N–H and O–H groups in total. The standard InChI is InChI=1S/C22H24N2O4S/c1-2-3-15-23-29(26,27)19-13-11-18(12-14-19)28-16-22(25)24-21-10-6-8-17-7-4-5-9-20(17)21/h4-14,23H,2-3,15-16H2,1H3,(H,24,25). The molecule has 0 radical (unpaired) electrons. The molecule has 1 amide bonds. The largest absolute Gasteiger partial charge is 0.484 e. The van der Waals surface area contributed by atoms with E-state index in [4.69, 9.17) is 4.74 Å². The van der Waals surface area contributed by atoms with Crippen molar-refractivity contribution in [1.82, 2.24) is 4.72 Å². The first-order valence-electron chi connectivity index (χ1n) is 9.50. The molecular formula is C22H24N2O4S. The molecule has 0 bridgehead atoms. The number of carbonyl (C=O) groups excluding carboxylic acids is 1. The summed E-state index contributed by atoms with van der Waals surface area (Å²) in [5, 5.41) is 4.84. The Balaban J connectivity index is 1.58. The predicted molar refractivity (Wildman–Crippen MR) is 115 cm³/mol. The molecule has 6 nitrogen and oxygen atoms in total. The average molecular weight is 413 g/mol. The summed E-state index contributed by atoms with van der Waals surface area (Å²) in [6.07, 6.45) is 1.70. The summed E-state index contributed by atoms with van der Waals surface area (Å²) in [6, 6.07) is 19.5. The van der Waals surface area contributed by atoms with E-state index in [-0.39, 0.29) is 17.4 Å². The van der Waals surface area contributed by atoms with Gasteiger partial charge in [-0.1, -0.05) is 49.7 Å². The highest BCUT2D eigenvalue weighted by Crippen LogP contribution is 2.23. The normalized spacial score (nSPS) is 11.3. The Morgan fingerprint density at radius 2 is 1.69 bits per heavy atom. The van der Waals surface area contributed by atoms with Crippen LogP contribution in [0.5, 0.6) is 5.75 Å². The molecule has 0 heterocycles. The highest BCUT2D eigenvalue weighted by Gasteiger charge is 2.13. The van der Waals surface area contributed by atoms with Crippen molar-refractivity contribution in [2.75, 3.05) is 18.5 Å². The summed E-state index contributed by atoms with van der Waals surface area (Å²) in [7, 11) is -3.53. The van der Waals surface area contributed by atoms with Gasteiger partial charge in [0.1, 0.15) is 5.75 Å². The van der Waals surface area contributed by atoms with E-state index in [2.05, 4.69) is 10.0 Å². The lowest BCUT2D eigenvalue weighted by Gasteiger charge is -2.10. The molecule has 0 unspecified atom stereocenters. The average Bonchev–Trinajstić information content (AvgIpc) is 2.73. The number of nitrogens with one attached hydrogen (secondary N) is 2. The number of carbonyl (C=O) groups is 1. The smallest absolute Gasteiger partial charge is 0.262 e. The van der Waals surface area contributed by atoms with Crippen LogP contribution in [0.2, 0.25) is 0 Å². The first-order valence-corrected chi connectivity index (χ1v) is 11.0. The Kier molecular flexibility index (Phi) is 6.85. The Morgan fingerprint density at radius 1 is 0.966 bits per heavy atom. The molecule has 0 fully saturated rings. The number of fused-ring (bicyclic) bond motifs is 1. The maximum Gasteiger partial charge on any atom is 0.262 e. The van der Waals surface area contributed by atoms with Crippen LogP contribution in [0.4, 0.5) is 5.69 Å². The van der Waals surface area contributed by atoms with E-state index in [9.17, 15) is 13.2 Å². The minimum absolute atomic E-state index is 0.168. The van der Waals surface area contributed by atoms with E-state index < -0.39 is 10.0 Å². The van der Waals surface area contributed by atoms with Gasteiger partial charge in [0, 0.05) is 17.6 Å². The van der Waals surface area contributed by atoms with Crippen molar-refractivity contribution in [3.63, 3.8) is 0 Å². The van der Waals surface area contributed by atoms with Crippen LogP contribution >= 0.6 is 0 Å². The van der Waals surface area contributed by atoms with Crippen molar-refractivity contribution in [2.45, 2.75) is 24.7 Å². The highest BCUT2D eigenvalue weighted by molar-refractivity contribution is 7.89. The third kappa shape index (κ3) is 5.56. The summed E-state index contributed by atoms with van der Waals surface area (Å²) >= 11 is 0. The molecular weight excluding hydrogens is 388 g/mol. The second-order valence-corrected chi connectivity index (χ2v) is 8.35. The van der Waals surface area contributed by atoms with E-state index in [1.165, 1.54) is 12.1 Å². The van der Waals surface area contributed by atoms with Crippen LogP contribution in [0.1, 0.15) is 19.8 Å². The van der Waals surface area contributed by atoms with Crippen LogP contribution in [0.15, 0.2) is 71.6 Å². The molecule has 3 aromatic rings. The number of ether oxygens (including phenoxy) is 1. The molecule has 0 spiro atoms. The summed E-state index contributed by atoms with van der Waals surface area (Å²) < 4.78 is 32.4. The molecule has 0 saturated heterocycles. The van der Waals surface area contributed by atoms with Crippen molar-refractivity contribution >= 4 is 32.4 Å². The second kappa shape index (κ2) is 9.54. The van der Waals surface area contributed by atoms with Crippen molar-refractivity contribution in [1.29, 1.82) is 0 Å².